The molecule has 64 heavy (non-hydrogen) atoms. The maximum Gasteiger partial charge on any atom is 0.308 e. The summed E-state index contributed by atoms with van der Waals surface area (Å²) < 4.78 is 16.8. The monoisotopic (exact) mass is 897 g/mol. The third-order valence-corrected chi connectivity index (χ3v) is 14.2. The van der Waals surface area contributed by atoms with E-state index in [-0.39, 0.29) is 60.7 Å². The summed E-state index contributed by atoms with van der Waals surface area (Å²) in [7, 11) is 0. The van der Waals surface area contributed by atoms with E-state index in [4.69, 9.17) is 19.9 Å². The van der Waals surface area contributed by atoms with Crippen LogP contribution in [0, 0.1) is 16.7 Å². The molecule has 0 aromatic rings. The van der Waals surface area contributed by atoms with Gasteiger partial charge in [0.1, 0.15) is 13.2 Å². The van der Waals surface area contributed by atoms with Gasteiger partial charge in [-0.05, 0) is 119 Å². The Hall–Kier alpha value is -2.68. The highest BCUT2D eigenvalue weighted by molar-refractivity contribution is 5.87. The molecule has 4 bridgehead atoms. The van der Waals surface area contributed by atoms with Crippen molar-refractivity contribution in [1.82, 2.24) is 5.32 Å². The van der Waals surface area contributed by atoms with E-state index in [1.54, 1.807) is 0 Å². The van der Waals surface area contributed by atoms with Gasteiger partial charge in [0.15, 0.2) is 6.10 Å². The van der Waals surface area contributed by atoms with Crippen molar-refractivity contribution in [1.29, 1.82) is 0 Å². The molecule has 4 rings (SSSR count). The van der Waals surface area contributed by atoms with Crippen molar-refractivity contribution in [3.8, 4) is 0 Å². The average molecular weight is 897 g/mol. The molecule has 4 aliphatic carbocycles. The van der Waals surface area contributed by atoms with E-state index in [0.29, 0.717) is 12.3 Å². The van der Waals surface area contributed by atoms with Crippen LogP contribution < -0.4 is 11.1 Å². The largest absolute Gasteiger partial charge is 0.462 e. The molecule has 4 saturated carbocycles. The van der Waals surface area contributed by atoms with Gasteiger partial charge in [-0.1, -0.05) is 155 Å². The lowest BCUT2D eigenvalue weighted by Crippen LogP contribution is -2.66. The van der Waals surface area contributed by atoms with Crippen molar-refractivity contribution in [3.63, 3.8) is 0 Å². The van der Waals surface area contributed by atoms with E-state index in [9.17, 15) is 19.2 Å². The zero-order chi connectivity index (χ0) is 46.4. The highest BCUT2D eigenvalue weighted by atomic mass is 16.6. The van der Waals surface area contributed by atoms with Gasteiger partial charge in [-0.3, -0.25) is 19.2 Å². The first-order valence-electron chi connectivity index (χ1n) is 26.8. The van der Waals surface area contributed by atoms with Crippen molar-refractivity contribution in [2.45, 2.75) is 270 Å². The molecule has 4 aliphatic rings. The summed E-state index contributed by atoms with van der Waals surface area (Å²) in [5, 5.41) is 3.30. The van der Waals surface area contributed by atoms with E-state index in [0.717, 1.165) is 89.9 Å². The highest BCUT2D eigenvalue weighted by Crippen LogP contribution is 2.66. The van der Waals surface area contributed by atoms with Crippen LogP contribution in [0.4, 0.5) is 0 Å². The lowest BCUT2D eigenvalue weighted by atomic mass is 9.43. The van der Waals surface area contributed by atoms with Gasteiger partial charge in [-0.2, -0.15) is 0 Å². The number of amides is 1. The smallest absolute Gasteiger partial charge is 0.308 e. The average Bonchev–Trinajstić information content (AvgIpc) is 3.23. The number of nitrogens with one attached hydrogen (secondary N) is 1. The van der Waals surface area contributed by atoms with Crippen LogP contribution in [0.3, 0.4) is 0 Å². The Morgan fingerprint density at radius 2 is 0.953 bits per heavy atom. The second kappa shape index (κ2) is 32.1. The van der Waals surface area contributed by atoms with Crippen molar-refractivity contribution in [3.05, 3.63) is 24.3 Å². The quantitative estimate of drug-likeness (QED) is 0.0270. The molecule has 3 N–H and O–H groups in total. The topological polar surface area (TPSA) is 134 Å². The van der Waals surface area contributed by atoms with Gasteiger partial charge >= 0.3 is 17.9 Å². The number of ether oxygens (including phenoxy) is 3. The number of allylic oxidation sites excluding steroid dienone is 4. The van der Waals surface area contributed by atoms with E-state index in [2.05, 4.69) is 57.3 Å². The summed E-state index contributed by atoms with van der Waals surface area (Å²) in [4.78, 5) is 52.0. The molecular weight excluding hydrogens is 801 g/mol. The summed E-state index contributed by atoms with van der Waals surface area (Å²) in [5.74, 6) is -1.11. The third-order valence-electron chi connectivity index (χ3n) is 14.2. The summed E-state index contributed by atoms with van der Waals surface area (Å²) >= 11 is 0. The molecule has 1 amide bonds. The van der Waals surface area contributed by atoms with E-state index < -0.39 is 24.1 Å². The Balaban J connectivity index is 1.34. The van der Waals surface area contributed by atoms with Crippen LogP contribution in [0.1, 0.15) is 252 Å². The molecule has 0 aromatic carbocycles. The molecule has 368 valence electrons. The zero-order valence-electron chi connectivity index (χ0n) is 41.6. The first-order valence-corrected chi connectivity index (χ1v) is 26.8. The highest BCUT2D eigenvalue weighted by Gasteiger charge is 2.60. The number of rotatable bonds is 39. The molecule has 9 nitrogen and oxygen atoms in total. The number of unbranched alkanes of at least 4 members (excludes halogenated alkanes) is 22. The predicted molar refractivity (Wildman–Crippen MR) is 262 cm³/mol. The first kappa shape index (κ1) is 55.6. The fourth-order valence-electron chi connectivity index (χ4n) is 11.8. The van der Waals surface area contributed by atoms with Gasteiger partial charge in [0.2, 0.25) is 5.91 Å². The fraction of sp³-hybridized carbons (Fsp3) is 0.855. The SMILES string of the molecule is CCCCCCCC/C=C/CCCCCCCC(=O)OCC(COC(=O)CC(N)C(=O)NC12CC3CC(C)(CC(C)(C3)C1)C2)OC(=O)CCCCCCC/C=C/CCCCCCCC. The maximum absolute atomic E-state index is 13.4. The summed E-state index contributed by atoms with van der Waals surface area (Å²) in [6.07, 6.45) is 45.7. The Labute approximate surface area is 391 Å². The van der Waals surface area contributed by atoms with Crippen LogP contribution in [-0.4, -0.2) is 54.7 Å². The minimum absolute atomic E-state index is 0.191. The Morgan fingerprint density at radius 3 is 1.41 bits per heavy atom. The molecule has 4 atom stereocenters. The lowest BCUT2D eigenvalue weighted by Gasteiger charge is -2.65. The summed E-state index contributed by atoms with van der Waals surface area (Å²) in [6.45, 7) is 8.75. The summed E-state index contributed by atoms with van der Waals surface area (Å²) in [6, 6.07) is -1.05. The van der Waals surface area contributed by atoms with Gasteiger partial charge in [0.25, 0.3) is 0 Å². The molecule has 0 saturated heterocycles. The van der Waals surface area contributed by atoms with E-state index >= 15 is 0 Å². The Bertz CT molecular complexity index is 1360. The molecule has 0 spiro atoms. The molecule has 9 heteroatoms. The number of carbonyl (C=O) groups is 4. The van der Waals surface area contributed by atoms with Gasteiger partial charge in [0.05, 0.1) is 12.5 Å². The second-order valence-corrected chi connectivity index (χ2v) is 21.4. The molecule has 0 radical (unpaired) electrons. The lowest BCUT2D eigenvalue weighted by molar-refractivity contribution is -0.167. The predicted octanol–water partition coefficient (Wildman–Crippen LogP) is 13.6. The van der Waals surface area contributed by atoms with Crippen LogP contribution in [0.2, 0.25) is 0 Å². The third kappa shape index (κ3) is 24.2. The molecular formula is C55H96N2O7. The van der Waals surface area contributed by atoms with Gasteiger partial charge in [-0.25, -0.2) is 0 Å². The standard InChI is InChI=1S/C55H96N2O7/c1-5-7-9-11-13-15-17-19-21-23-25-27-29-31-33-35-49(58)62-41-47(64-50(59)36-34-32-30-28-26-24-22-20-18-16-14-12-10-8-6-2)42-63-51(60)37-48(56)52(61)57-55-40-46-38-53(3,44-55)43-54(4,39-46)45-55/h19-22,46-48H,5-18,23-45,56H2,1-4H3,(H,57,61)/b21-19+,22-20+. The van der Waals surface area contributed by atoms with Crippen LogP contribution in [-0.2, 0) is 33.4 Å². The maximum atomic E-state index is 13.4. The fourth-order valence-corrected chi connectivity index (χ4v) is 11.8. The van der Waals surface area contributed by atoms with Crippen molar-refractivity contribution < 1.29 is 33.4 Å². The first-order chi connectivity index (χ1) is 30.9. The van der Waals surface area contributed by atoms with E-state index in [1.165, 1.54) is 109 Å². The minimum Gasteiger partial charge on any atom is -0.462 e. The number of nitrogens with two attached hydrogens (primary N) is 1. The van der Waals surface area contributed by atoms with Crippen LogP contribution in [0.5, 0.6) is 0 Å². The molecule has 0 aliphatic heterocycles. The normalized spacial score (nSPS) is 23.4. The Morgan fingerprint density at radius 1 is 0.547 bits per heavy atom. The van der Waals surface area contributed by atoms with Gasteiger partial charge in [-0.15, -0.1) is 0 Å². The van der Waals surface area contributed by atoms with Crippen molar-refractivity contribution >= 4 is 23.8 Å². The van der Waals surface area contributed by atoms with Crippen LogP contribution >= 0.6 is 0 Å². The number of carbonyl (C=O) groups excluding carboxylic acids is 4. The Kier molecular flexibility index (Phi) is 27.9. The molecule has 0 aromatic heterocycles. The minimum atomic E-state index is -1.05. The van der Waals surface area contributed by atoms with Crippen LogP contribution in [0.25, 0.3) is 0 Å². The number of hydrogen-bond donors (Lipinski definition) is 2. The number of hydrogen-bond acceptors (Lipinski definition) is 8. The molecule has 0 heterocycles. The van der Waals surface area contributed by atoms with Gasteiger partial charge < -0.3 is 25.3 Å². The van der Waals surface area contributed by atoms with Crippen molar-refractivity contribution in [2.24, 2.45) is 22.5 Å². The second-order valence-electron chi connectivity index (χ2n) is 21.4. The van der Waals surface area contributed by atoms with E-state index in [1.807, 2.05) is 0 Å². The van der Waals surface area contributed by atoms with Crippen LogP contribution in [0.15, 0.2) is 24.3 Å². The van der Waals surface area contributed by atoms with Crippen molar-refractivity contribution in [2.75, 3.05) is 13.2 Å². The number of esters is 3. The van der Waals surface area contributed by atoms with Gasteiger partial charge in [0, 0.05) is 18.4 Å². The molecule has 4 unspecified atom stereocenters. The zero-order valence-corrected chi connectivity index (χ0v) is 41.6. The summed E-state index contributed by atoms with van der Waals surface area (Å²) in [5.41, 5.74) is 6.50. The molecule has 4 fully saturated rings.